The van der Waals surface area contributed by atoms with Gasteiger partial charge in [0.2, 0.25) is 0 Å². The van der Waals surface area contributed by atoms with Crippen molar-refractivity contribution in [3.63, 3.8) is 0 Å². The molecule has 4 nitrogen and oxygen atoms in total. The molecule has 0 fully saturated rings. The number of guanidine groups is 1. The Labute approximate surface area is 170 Å². The van der Waals surface area contributed by atoms with E-state index in [1.165, 1.54) is 9.88 Å². The highest BCUT2D eigenvalue weighted by Crippen LogP contribution is 2.16. The standard InChI is InChI=1S/C17H23ClN4S.HI/c1-4-19-17(21-11-14-5-7-15(18)8-6-14)20-10-9-16-22-12(2)13(3)23-16;/h5-8H,4,9-11H2,1-3H3,(H2,19,20,21);1H. The Morgan fingerprint density at radius 1 is 1.21 bits per heavy atom. The lowest BCUT2D eigenvalue weighted by Crippen LogP contribution is -2.38. The molecule has 7 heteroatoms. The molecule has 0 unspecified atom stereocenters. The van der Waals surface area contributed by atoms with Gasteiger partial charge >= 0.3 is 0 Å². The van der Waals surface area contributed by atoms with E-state index in [1.54, 1.807) is 11.3 Å². The summed E-state index contributed by atoms with van der Waals surface area (Å²) in [4.78, 5) is 10.5. The molecule has 24 heavy (non-hydrogen) atoms. The number of nitrogens with one attached hydrogen (secondary N) is 2. The summed E-state index contributed by atoms with van der Waals surface area (Å²) >= 11 is 7.67. The quantitative estimate of drug-likeness (QED) is 0.369. The maximum absolute atomic E-state index is 5.90. The molecule has 2 N–H and O–H groups in total. The topological polar surface area (TPSA) is 49.3 Å². The van der Waals surface area contributed by atoms with Gasteiger partial charge in [0.1, 0.15) is 0 Å². The van der Waals surface area contributed by atoms with Gasteiger partial charge < -0.3 is 10.6 Å². The molecule has 2 rings (SSSR count). The van der Waals surface area contributed by atoms with E-state index in [-0.39, 0.29) is 24.0 Å². The van der Waals surface area contributed by atoms with Gasteiger partial charge in [-0.15, -0.1) is 35.3 Å². The van der Waals surface area contributed by atoms with Crippen molar-refractivity contribution < 1.29 is 0 Å². The first kappa shape index (κ1) is 21.2. The highest BCUT2D eigenvalue weighted by Gasteiger charge is 2.04. The minimum atomic E-state index is 0. The molecule has 0 amide bonds. The van der Waals surface area contributed by atoms with Gasteiger partial charge in [-0.1, -0.05) is 23.7 Å². The fourth-order valence-corrected chi connectivity index (χ4v) is 3.10. The average Bonchev–Trinajstić information content (AvgIpc) is 2.85. The monoisotopic (exact) mass is 478 g/mol. The summed E-state index contributed by atoms with van der Waals surface area (Å²) in [7, 11) is 0. The van der Waals surface area contributed by atoms with Crippen LogP contribution in [0.3, 0.4) is 0 Å². The molecule has 0 radical (unpaired) electrons. The van der Waals surface area contributed by atoms with Crippen LogP contribution in [-0.2, 0) is 13.0 Å². The van der Waals surface area contributed by atoms with Crippen LogP contribution in [0, 0.1) is 13.8 Å². The smallest absolute Gasteiger partial charge is 0.191 e. The lowest BCUT2D eigenvalue weighted by atomic mass is 10.2. The van der Waals surface area contributed by atoms with E-state index in [2.05, 4.69) is 41.4 Å². The van der Waals surface area contributed by atoms with Crippen LogP contribution in [0.5, 0.6) is 0 Å². The normalized spacial score (nSPS) is 11.1. The van der Waals surface area contributed by atoms with E-state index in [9.17, 15) is 0 Å². The van der Waals surface area contributed by atoms with E-state index in [0.717, 1.165) is 41.7 Å². The molecule has 0 saturated heterocycles. The largest absolute Gasteiger partial charge is 0.357 e. The number of hydrogen-bond acceptors (Lipinski definition) is 3. The number of nitrogens with zero attached hydrogens (tertiary/aromatic N) is 2. The Balaban J connectivity index is 0.00000288. The second kappa shape index (κ2) is 10.9. The zero-order valence-electron chi connectivity index (χ0n) is 14.2. The third kappa shape index (κ3) is 6.94. The Hall–Kier alpha value is -0.860. The fraction of sp³-hybridized carbons (Fsp3) is 0.412. The molecule has 1 heterocycles. The van der Waals surface area contributed by atoms with Crippen molar-refractivity contribution in [1.29, 1.82) is 0 Å². The minimum Gasteiger partial charge on any atom is -0.357 e. The summed E-state index contributed by atoms with van der Waals surface area (Å²) in [6.07, 6.45) is 0.907. The third-order valence-electron chi connectivity index (χ3n) is 3.38. The summed E-state index contributed by atoms with van der Waals surface area (Å²) < 4.78 is 0. The molecule has 1 aromatic heterocycles. The second-order valence-electron chi connectivity index (χ2n) is 5.25. The molecule has 0 saturated carbocycles. The number of aromatic nitrogens is 1. The molecule has 0 bridgehead atoms. The second-order valence-corrected chi connectivity index (χ2v) is 6.97. The van der Waals surface area contributed by atoms with Crippen LogP contribution < -0.4 is 10.6 Å². The Bertz CT molecular complexity index is 636. The molecule has 0 atom stereocenters. The van der Waals surface area contributed by atoms with E-state index >= 15 is 0 Å². The number of thiazole rings is 1. The molecule has 1 aromatic carbocycles. The van der Waals surface area contributed by atoms with Gasteiger partial charge in [0.05, 0.1) is 17.2 Å². The summed E-state index contributed by atoms with van der Waals surface area (Å²) in [5.74, 6) is 0.826. The minimum absolute atomic E-state index is 0. The number of aliphatic imine (C=N–C) groups is 1. The van der Waals surface area contributed by atoms with Crippen LogP contribution in [0.25, 0.3) is 0 Å². The van der Waals surface area contributed by atoms with Crippen molar-refractivity contribution in [1.82, 2.24) is 15.6 Å². The van der Waals surface area contributed by atoms with Gasteiger partial charge in [-0.2, -0.15) is 0 Å². The van der Waals surface area contributed by atoms with Crippen LogP contribution in [-0.4, -0.2) is 24.0 Å². The molecule has 0 aliphatic rings. The first-order chi connectivity index (χ1) is 11.1. The summed E-state index contributed by atoms with van der Waals surface area (Å²) in [6.45, 7) is 8.51. The number of hydrogen-bond donors (Lipinski definition) is 2. The lowest BCUT2D eigenvalue weighted by molar-refractivity contribution is 0.795. The Morgan fingerprint density at radius 2 is 1.92 bits per heavy atom. The average molecular weight is 479 g/mol. The van der Waals surface area contributed by atoms with E-state index in [0.29, 0.717) is 6.54 Å². The maximum Gasteiger partial charge on any atom is 0.191 e. The van der Waals surface area contributed by atoms with E-state index < -0.39 is 0 Å². The molecule has 132 valence electrons. The van der Waals surface area contributed by atoms with Crippen LogP contribution in [0.15, 0.2) is 29.3 Å². The number of aryl methyl sites for hydroxylation is 2. The van der Waals surface area contributed by atoms with Gasteiger partial charge in [0, 0.05) is 29.4 Å². The molecular weight excluding hydrogens is 455 g/mol. The Kier molecular flexibility index (Phi) is 9.61. The van der Waals surface area contributed by atoms with Gasteiger partial charge in [0.15, 0.2) is 5.96 Å². The van der Waals surface area contributed by atoms with Crippen LogP contribution in [0.2, 0.25) is 5.02 Å². The van der Waals surface area contributed by atoms with Crippen molar-refractivity contribution in [2.75, 3.05) is 13.1 Å². The summed E-state index contributed by atoms with van der Waals surface area (Å²) in [5, 5.41) is 8.54. The number of halogens is 2. The van der Waals surface area contributed by atoms with Crippen molar-refractivity contribution in [2.24, 2.45) is 4.99 Å². The Morgan fingerprint density at radius 3 is 2.50 bits per heavy atom. The number of rotatable bonds is 6. The van der Waals surface area contributed by atoms with Gasteiger partial charge in [0.25, 0.3) is 0 Å². The summed E-state index contributed by atoms with van der Waals surface area (Å²) in [6, 6.07) is 7.77. The van der Waals surface area contributed by atoms with Crippen molar-refractivity contribution in [3.05, 3.63) is 50.4 Å². The maximum atomic E-state index is 5.90. The molecule has 0 spiro atoms. The summed E-state index contributed by atoms with van der Waals surface area (Å²) in [5.41, 5.74) is 2.27. The van der Waals surface area contributed by atoms with Crippen LogP contribution in [0.4, 0.5) is 0 Å². The molecule has 0 aliphatic heterocycles. The SMILES string of the molecule is CCNC(=NCc1ccc(Cl)cc1)NCCc1nc(C)c(C)s1.I. The number of benzene rings is 1. The highest BCUT2D eigenvalue weighted by molar-refractivity contribution is 14.0. The van der Waals surface area contributed by atoms with Gasteiger partial charge in [-0.25, -0.2) is 9.98 Å². The van der Waals surface area contributed by atoms with E-state index in [4.69, 9.17) is 11.6 Å². The lowest BCUT2D eigenvalue weighted by Gasteiger charge is -2.10. The zero-order chi connectivity index (χ0) is 16.7. The van der Waals surface area contributed by atoms with Gasteiger partial charge in [-0.3, -0.25) is 0 Å². The van der Waals surface area contributed by atoms with Crippen molar-refractivity contribution >= 4 is 52.9 Å². The first-order valence-corrected chi connectivity index (χ1v) is 8.97. The fourth-order valence-electron chi connectivity index (χ4n) is 2.04. The van der Waals surface area contributed by atoms with Crippen LogP contribution >= 0.6 is 46.9 Å². The van der Waals surface area contributed by atoms with Gasteiger partial charge in [-0.05, 0) is 38.5 Å². The van der Waals surface area contributed by atoms with Crippen molar-refractivity contribution in [2.45, 2.75) is 33.7 Å². The predicted molar refractivity (Wildman–Crippen MR) is 115 cm³/mol. The highest BCUT2D eigenvalue weighted by atomic mass is 127. The molecular formula is C17H24ClIN4S. The zero-order valence-corrected chi connectivity index (χ0v) is 18.1. The van der Waals surface area contributed by atoms with Crippen molar-refractivity contribution in [3.8, 4) is 0 Å². The molecule has 2 aromatic rings. The predicted octanol–water partition coefficient (Wildman–Crippen LogP) is 4.33. The first-order valence-electron chi connectivity index (χ1n) is 7.78. The third-order valence-corrected chi connectivity index (χ3v) is 4.77. The van der Waals surface area contributed by atoms with Crippen LogP contribution in [0.1, 0.15) is 28.1 Å². The van der Waals surface area contributed by atoms with E-state index in [1.807, 2.05) is 24.3 Å². The molecule has 0 aliphatic carbocycles.